The second kappa shape index (κ2) is 10.2. The number of esters is 1. The molecule has 1 saturated heterocycles. The molecule has 30 heavy (non-hydrogen) atoms. The Labute approximate surface area is 184 Å². The van der Waals surface area contributed by atoms with Crippen molar-refractivity contribution in [1.82, 2.24) is 9.80 Å². The van der Waals surface area contributed by atoms with Crippen LogP contribution in [-0.4, -0.2) is 53.8 Å². The van der Waals surface area contributed by atoms with Gasteiger partial charge >= 0.3 is 5.97 Å². The zero-order valence-corrected chi connectivity index (χ0v) is 18.3. The second-order valence-electron chi connectivity index (χ2n) is 6.95. The second-order valence-corrected chi connectivity index (χ2v) is 7.80. The molecule has 0 N–H and O–H groups in total. The number of hydrogen-bond donors (Lipinski definition) is 0. The third-order valence-corrected chi connectivity index (χ3v) is 5.47. The summed E-state index contributed by atoms with van der Waals surface area (Å²) in [6.07, 6.45) is 4.06. The van der Waals surface area contributed by atoms with Crippen LogP contribution in [0.3, 0.4) is 0 Å². The molecule has 0 unspecified atom stereocenters. The molecule has 0 atom stereocenters. The molecule has 3 rings (SSSR count). The maximum absolute atomic E-state index is 12.9. The van der Waals surface area contributed by atoms with E-state index in [-0.39, 0.29) is 11.8 Å². The Hall–Kier alpha value is -2.93. The number of amides is 2. The van der Waals surface area contributed by atoms with Gasteiger partial charge in [0.15, 0.2) is 0 Å². The SMILES string of the molecule is CC(=O)Oc1cccc(C(=O)N2CCCN(C(=O)/C=C/c3ccccc3Br)CC2)c1. The number of hydrogen-bond acceptors (Lipinski definition) is 4. The highest BCUT2D eigenvalue weighted by Crippen LogP contribution is 2.18. The van der Waals surface area contributed by atoms with Crippen molar-refractivity contribution >= 4 is 39.8 Å². The summed E-state index contributed by atoms with van der Waals surface area (Å²) in [4.78, 5) is 40.1. The van der Waals surface area contributed by atoms with Crippen LogP contribution in [0.5, 0.6) is 5.75 Å². The Kier molecular flexibility index (Phi) is 7.41. The third kappa shape index (κ3) is 5.79. The van der Waals surface area contributed by atoms with Gasteiger partial charge in [0.25, 0.3) is 5.91 Å². The first kappa shape index (κ1) is 21.8. The number of rotatable bonds is 4. The average Bonchev–Trinajstić information content (AvgIpc) is 2.98. The first-order valence-corrected chi connectivity index (χ1v) is 10.5. The highest BCUT2D eigenvalue weighted by Gasteiger charge is 2.22. The van der Waals surface area contributed by atoms with E-state index in [0.717, 1.165) is 10.0 Å². The van der Waals surface area contributed by atoms with Gasteiger partial charge in [0.1, 0.15) is 5.75 Å². The van der Waals surface area contributed by atoms with E-state index in [1.807, 2.05) is 24.3 Å². The first-order valence-electron chi connectivity index (χ1n) is 9.73. The van der Waals surface area contributed by atoms with E-state index < -0.39 is 5.97 Å². The van der Waals surface area contributed by atoms with Crippen molar-refractivity contribution < 1.29 is 19.1 Å². The number of carbonyl (C=O) groups excluding carboxylic acids is 3. The van der Waals surface area contributed by atoms with E-state index in [2.05, 4.69) is 15.9 Å². The predicted octanol–water partition coefficient (Wildman–Crippen LogP) is 3.76. The molecular weight excluding hydrogens is 448 g/mol. The molecule has 0 saturated carbocycles. The van der Waals surface area contributed by atoms with Gasteiger partial charge in [-0.25, -0.2) is 0 Å². The Balaban J connectivity index is 1.62. The van der Waals surface area contributed by atoms with E-state index in [4.69, 9.17) is 4.74 Å². The van der Waals surface area contributed by atoms with Gasteiger partial charge in [-0.2, -0.15) is 0 Å². The van der Waals surface area contributed by atoms with Crippen LogP contribution in [0.1, 0.15) is 29.3 Å². The van der Waals surface area contributed by atoms with Crippen LogP contribution in [0.4, 0.5) is 0 Å². The van der Waals surface area contributed by atoms with E-state index in [0.29, 0.717) is 43.9 Å². The summed E-state index contributed by atoms with van der Waals surface area (Å²) in [6, 6.07) is 14.3. The summed E-state index contributed by atoms with van der Waals surface area (Å²) in [5, 5.41) is 0. The minimum Gasteiger partial charge on any atom is -0.427 e. The van der Waals surface area contributed by atoms with Gasteiger partial charge in [-0.3, -0.25) is 14.4 Å². The van der Waals surface area contributed by atoms with Gasteiger partial charge in [-0.05, 0) is 42.3 Å². The molecule has 2 aromatic carbocycles. The smallest absolute Gasteiger partial charge is 0.308 e. The Morgan fingerprint density at radius 3 is 2.47 bits per heavy atom. The van der Waals surface area contributed by atoms with Crippen LogP contribution >= 0.6 is 15.9 Å². The lowest BCUT2D eigenvalue weighted by Gasteiger charge is -2.21. The highest BCUT2D eigenvalue weighted by molar-refractivity contribution is 9.10. The fraction of sp³-hybridized carbons (Fsp3) is 0.261. The lowest BCUT2D eigenvalue weighted by molar-refractivity contribution is -0.132. The van der Waals surface area contributed by atoms with Crippen LogP contribution in [0.15, 0.2) is 59.1 Å². The summed E-state index contributed by atoms with van der Waals surface area (Å²) in [5.74, 6) is -0.296. The van der Waals surface area contributed by atoms with Crippen LogP contribution < -0.4 is 4.74 Å². The maximum atomic E-state index is 12.9. The topological polar surface area (TPSA) is 66.9 Å². The lowest BCUT2D eigenvalue weighted by Crippen LogP contribution is -2.36. The molecule has 7 heteroatoms. The van der Waals surface area contributed by atoms with Crippen molar-refractivity contribution in [1.29, 1.82) is 0 Å². The molecule has 1 fully saturated rings. The van der Waals surface area contributed by atoms with Gasteiger partial charge in [0, 0.05) is 49.2 Å². The summed E-state index contributed by atoms with van der Waals surface area (Å²) in [6.45, 7) is 3.39. The van der Waals surface area contributed by atoms with Crippen molar-refractivity contribution in [3.05, 3.63) is 70.2 Å². The van der Waals surface area contributed by atoms with Crippen molar-refractivity contribution in [2.24, 2.45) is 0 Å². The minimum atomic E-state index is -0.431. The Bertz CT molecular complexity index is 973. The number of ether oxygens (including phenoxy) is 1. The molecule has 0 spiro atoms. The van der Waals surface area contributed by atoms with Crippen LogP contribution in [0, 0.1) is 0 Å². The molecule has 6 nitrogen and oxygen atoms in total. The molecule has 0 bridgehead atoms. The number of carbonyl (C=O) groups is 3. The van der Waals surface area contributed by atoms with Crippen LogP contribution in [0.25, 0.3) is 6.08 Å². The van der Waals surface area contributed by atoms with Gasteiger partial charge in [-0.1, -0.05) is 40.2 Å². The highest BCUT2D eigenvalue weighted by atomic mass is 79.9. The van der Waals surface area contributed by atoms with Crippen LogP contribution in [0.2, 0.25) is 0 Å². The van der Waals surface area contributed by atoms with E-state index in [9.17, 15) is 14.4 Å². The van der Waals surface area contributed by atoms with E-state index in [1.54, 1.807) is 46.2 Å². The van der Waals surface area contributed by atoms with Crippen LogP contribution in [-0.2, 0) is 9.59 Å². The number of nitrogens with zero attached hydrogens (tertiary/aromatic N) is 2. The average molecular weight is 471 g/mol. The van der Waals surface area contributed by atoms with Gasteiger partial charge in [0.2, 0.25) is 5.91 Å². The molecule has 0 aliphatic carbocycles. The maximum Gasteiger partial charge on any atom is 0.308 e. The molecule has 0 radical (unpaired) electrons. The fourth-order valence-corrected chi connectivity index (χ4v) is 3.68. The molecule has 1 aliphatic rings. The molecule has 1 heterocycles. The summed E-state index contributed by atoms with van der Waals surface area (Å²) < 4.78 is 5.99. The first-order chi connectivity index (χ1) is 14.4. The molecule has 1 aliphatic heterocycles. The molecular formula is C23H23BrN2O4. The number of halogens is 1. The molecule has 0 aromatic heterocycles. The summed E-state index contributed by atoms with van der Waals surface area (Å²) in [7, 11) is 0. The van der Waals surface area contributed by atoms with Crippen molar-refractivity contribution in [3.8, 4) is 5.75 Å². The molecule has 2 aromatic rings. The van der Waals surface area contributed by atoms with Crippen molar-refractivity contribution in [2.45, 2.75) is 13.3 Å². The monoisotopic (exact) mass is 470 g/mol. The summed E-state index contributed by atoms with van der Waals surface area (Å²) >= 11 is 3.47. The quantitative estimate of drug-likeness (QED) is 0.387. The van der Waals surface area contributed by atoms with Crippen molar-refractivity contribution in [2.75, 3.05) is 26.2 Å². The third-order valence-electron chi connectivity index (χ3n) is 4.75. The molecule has 2 amide bonds. The van der Waals surface area contributed by atoms with E-state index in [1.165, 1.54) is 6.92 Å². The van der Waals surface area contributed by atoms with Gasteiger partial charge in [0.05, 0.1) is 0 Å². The zero-order valence-electron chi connectivity index (χ0n) is 16.7. The minimum absolute atomic E-state index is 0.0723. The molecule has 156 valence electrons. The van der Waals surface area contributed by atoms with Gasteiger partial charge in [-0.15, -0.1) is 0 Å². The normalized spacial score (nSPS) is 14.5. The zero-order chi connectivity index (χ0) is 21.5. The lowest BCUT2D eigenvalue weighted by atomic mass is 10.2. The standard InChI is InChI=1S/C23H23BrN2O4/c1-17(27)30-20-8-4-7-19(16-20)23(29)26-13-5-12-25(14-15-26)22(28)11-10-18-6-2-3-9-21(18)24/h2-4,6-11,16H,5,12-15H2,1H3/b11-10+. The Morgan fingerprint density at radius 2 is 1.70 bits per heavy atom. The fourth-order valence-electron chi connectivity index (χ4n) is 3.26. The Morgan fingerprint density at radius 1 is 0.967 bits per heavy atom. The summed E-state index contributed by atoms with van der Waals surface area (Å²) in [5.41, 5.74) is 1.40. The van der Waals surface area contributed by atoms with Gasteiger partial charge < -0.3 is 14.5 Å². The largest absolute Gasteiger partial charge is 0.427 e. The number of benzene rings is 2. The van der Waals surface area contributed by atoms with E-state index >= 15 is 0 Å². The predicted molar refractivity (Wildman–Crippen MR) is 118 cm³/mol. The van der Waals surface area contributed by atoms with Crippen molar-refractivity contribution in [3.63, 3.8) is 0 Å².